The Kier molecular flexibility index (Phi) is 7.17. The topological polar surface area (TPSA) is 86.7 Å². The summed E-state index contributed by atoms with van der Waals surface area (Å²) in [5.74, 6) is -2.71. The molecular formula is C30H30N2O4S. The van der Waals surface area contributed by atoms with E-state index in [1.807, 2.05) is 91.2 Å². The first kappa shape index (κ1) is 25.2. The molecule has 2 fully saturated rings. The highest BCUT2D eigenvalue weighted by atomic mass is 32.2. The minimum absolute atomic E-state index is 0.112. The van der Waals surface area contributed by atoms with E-state index in [-0.39, 0.29) is 18.2 Å². The zero-order chi connectivity index (χ0) is 26.0. The van der Waals surface area contributed by atoms with Gasteiger partial charge in [-0.15, -0.1) is 0 Å². The Bertz CT molecular complexity index is 1280. The molecule has 3 aromatic carbocycles. The molecule has 2 heterocycles. The molecule has 37 heavy (non-hydrogen) atoms. The molecule has 0 aliphatic carbocycles. The number of imide groups is 1. The number of thioether (sulfide) groups is 1. The molecule has 5 rings (SSSR count). The van der Waals surface area contributed by atoms with Gasteiger partial charge in [0.05, 0.1) is 11.8 Å². The van der Waals surface area contributed by atoms with Gasteiger partial charge in [-0.2, -0.15) is 11.8 Å². The molecule has 2 aliphatic heterocycles. The molecule has 4 atom stereocenters. The standard InChI is InChI=1S/C30H30N2O4S/c1-37-18-8-17-32-27(33)24-25(28(32)34)30(29(35)36,19-20-9-4-2-5-10-20)31-26(24)23-15-13-22(14-16-23)21-11-6-3-7-12-21/h2-7,9-16,24-26,31H,8,17-19H2,1H3,(H,35,36). The van der Waals surface area contributed by atoms with E-state index in [1.54, 1.807) is 11.8 Å². The van der Waals surface area contributed by atoms with Gasteiger partial charge in [-0.3, -0.25) is 24.6 Å². The number of likely N-dealkylation sites (tertiary alicyclic amines) is 1. The third kappa shape index (κ3) is 4.58. The van der Waals surface area contributed by atoms with Crippen LogP contribution in [0.25, 0.3) is 11.1 Å². The van der Waals surface area contributed by atoms with Crippen molar-refractivity contribution in [3.05, 3.63) is 96.1 Å². The number of rotatable bonds is 9. The predicted molar refractivity (Wildman–Crippen MR) is 145 cm³/mol. The van der Waals surface area contributed by atoms with Crippen molar-refractivity contribution in [1.82, 2.24) is 10.2 Å². The Hall–Kier alpha value is -3.42. The first-order chi connectivity index (χ1) is 18.0. The number of amides is 2. The van der Waals surface area contributed by atoms with E-state index in [0.717, 1.165) is 28.0 Å². The second-order valence-electron chi connectivity index (χ2n) is 9.73. The van der Waals surface area contributed by atoms with Gasteiger partial charge in [-0.1, -0.05) is 84.9 Å². The van der Waals surface area contributed by atoms with Gasteiger partial charge in [0.25, 0.3) is 0 Å². The van der Waals surface area contributed by atoms with Crippen molar-refractivity contribution in [3.8, 4) is 11.1 Å². The van der Waals surface area contributed by atoms with E-state index in [1.165, 1.54) is 4.90 Å². The maximum atomic E-state index is 13.7. The molecule has 190 valence electrons. The molecule has 7 heteroatoms. The zero-order valence-electron chi connectivity index (χ0n) is 20.7. The average molecular weight is 515 g/mol. The Morgan fingerprint density at radius 2 is 1.54 bits per heavy atom. The van der Waals surface area contributed by atoms with Gasteiger partial charge in [0.15, 0.2) is 0 Å². The zero-order valence-corrected chi connectivity index (χ0v) is 21.5. The van der Waals surface area contributed by atoms with Crippen LogP contribution in [0.15, 0.2) is 84.9 Å². The van der Waals surface area contributed by atoms with Crippen molar-refractivity contribution < 1.29 is 19.5 Å². The Morgan fingerprint density at radius 3 is 2.16 bits per heavy atom. The summed E-state index contributed by atoms with van der Waals surface area (Å²) < 4.78 is 0. The molecule has 2 N–H and O–H groups in total. The van der Waals surface area contributed by atoms with E-state index in [0.29, 0.717) is 13.0 Å². The van der Waals surface area contributed by atoms with Crippen molar-refractivity contribution in [1.29, 1.82) is 0 Å². The molecule has 0 saturated carbocycles. The molecule has 2 aliphatic rings. The third-order valence-corrected chi connectivity index (χ3v) is 8.26. The summed E-state index contributed by atoms with van der Waals surface area (Å²) in [7, 11) is 0. The lowest BCUT2D eigenvalue weighted by Crippen LogP contribution is -2.57. The number of aliphatic carboxylic acids is 1. The van der Waals surface area contributed by atoms with Crippen molar-refractivity contribution >= 4 is 29.5 Å². The number of carboxylic acid groups (broad SMARTS) is 1. The van der Waals surface area contributed by atoms with Gasteiger partial charge in [-0.05, 0) is 40.7 Å². The maximum absolute atomic E-state index is 13.7. The summed E-state index contributed by atoms with van der Waals surface area (Å²) in [4.78, 5) is 41.7. The molecule has 2 amide bonds. The van der Waals surface area contributed by atoms with Gasteiger partial charge >= 0.3 is 5.97 Å². The SMILES string of the molecule is CSCCCN1C(=O)C2C(c3ccc(-c4ccccc4)cc3)NC(Cc3ccccc3)(C(=O)O)C2C1=O. The summed E-state index contributed by atoms with van der Waals surface area (Å²) in [6.07, 6.45) is 2.78. The minimum atomic E-state index is -1.59. The predicted octanol–water partition coefficient (Wildman–Crippen LogP) is 4.42. The highest BCUT2D eigenvalue weighted by Gasteiger charge is 2.68. The summed E-state index contributed by atoms with van der Waals surface area (Å²) in [5.41, 5.74) is 2.12. The van der Waals surface area contributed by atoms with Crippen LogP contribution in [-0.4, -0.2) is 51.9 Å². The van der Waals surface area contributed by atoms with Crippen molar-refractivity contribution in [2.45, 2.75) is 24.4 Å². The molecule has 0 spiro atoms. The van der Waals surface area contributed by atoms with Crippen LogP contribution in [0, 0.1) is 11.8 Å². The number of carboxylic acids is 1. The number of hydrogen-bond acceptors (Lipinski definition) is 5. The maximum Gasteiger partial charge on any atom is 0.325 e. The molecule has 0 aromatic heterocycles. The van der Waals surface area contributed by atoms with Crippen molar-refractivity contribution in [2.75, 3.05) is 18.6 Å². The Labute approximate surface area is 221 Å². The van der Waals surface area contributed by atoms with Crippen LogP contribution < -0.4 is 5.32 Å². The molecule has 3 aromatic rings. The number of nitrogens with zero attached hydrogens (tertiary/aromatic N) is 1. The van der Waals surface area contributed by atoms with Crippen LogP contribution in [0.5, 0.6) is 0 Å². The van der Waals surface area contributed by atoms with Crippen molar-refractivity contribution in [2.24, 2.45) is 11.8 Å². The minimum Gasteiger partial charge on any atom is -0.480 e. The van der Waals surface area contributed by atoms with Gasteiger partial charge in [0, 0.05) is 19.0 Å². The van der Waals surface area contributed by atoms with Crippen LogP contribution in [0.2, 0.25) is 0 Å². The second-order valence-corrected chi connectivity index (χ2v) is 10.7. The first-order valence-corrected chi connectivity index (χ1v) is 13.9. The van der Waals surface area contributed by atoms with Crippen LogP contribution in [0.4, 0.5) is 0 Å². The van der Waals surface area contributed by atoms with Gasteiger partial charge in [-0.25, -0.2) is 0 Å². The number of fused-ring (bicyclic) bond motifs is 1. The molecule has 6 nitrogen and oxygen atoms in total. The van der Waals surface area contributed by atoms with Gasteiger partial charge < -0.3 is 5.11 Å². The van der Waals surface area contributed by atoms with Gasteiger partial charge in [0.2, 0.25) is 11.8 Å². The fourth-order valence-corrected chi connectivity index (χ4v) is 6.22. The molecule has 2 saturated heterocycles. The Balaban J connectivity index is 1.54. The summed E-state index contributed by atoms with van der Waals surface area (Å²) in [6, 6.07) is 26.5. The third-order valence-electron chi connectivity index (χ3n) is 7.56. The van der Waals surface area contributed by atoms with E-state index in [4.69, 9.17) is 0 Å². The van der Waals surface area contributed by atoms with Crippen LogP contribution in [-0.2, 0) is 20.8 Å². The van der Waals surface area contributed by atoms with E-state index in [2.05, 4.69) is 5.32 Å². The molecule has 0 bridgehead atoms. The molecule has 0 radical (unpaired) electrons. The number of carbonyl (C=O) groups excluding carboxylic acids is 2. The summed E-state index contributed by atoms with van der Waals surface area (Å²) >= 11 is 1.66. The van der Waals surface area contributed by atoms with Crippen LogP contribution >= 0.6 is 11.8 Å². The number of nitrogens with one attached hydrogen (secondary N) is 1. The lowest BCUT2D eigenvalue weighted by molar-refractivity contribution is -0.151. The largest absolute Gasteiger partial charge is 0.480 e. The highest BCUT2D eigenvalue weighted by molar-refractivity contribution is 7.98. The Morgan fingerprint density at radius 1 is 0.919 bits per heavy atom. The summed E-state index contributed by atoms with van der Waals surface area (Å²) in [6.45, 7) is 0.312. The average Bonchev–Trinajstić information content (AvgIpc) is 3.39. The van der Waals surface area contributed by atoms with E-state index >= 15 is 0 Å². The van der Waals surface area contributed by atoms with Crippen molar-refractivity contribution in [3.63, 3.8) is 0 Å². The van der Waals surface area contributed by atoms with E-state index < -0.39 is 29.4 Å². The number of benzene rings is 3. The van der Waals surface area contributed by atoms with Gasteiger partial charge in [0.1, 0.15) is 5.54 Å². The molecular weight excluding hydrogens is 484 g/mol. The van der Waals surface area contributed by atoms with Crippen LogP contribution in [0.3, 0.4) is 0 Å². The fraction of sp³-hybridized carbons (Fsp3) is 0.300. The smallest absolute Gasteiger partial charge is 0.325 e. The number of hydrogen-bond donors (Lipinski definition) is 2. The number of carbonyl (C=O) groups is 3. The highest BCUT2D eigenvalue weighted by Crippen LogP contribution is 2.50. The first-order valence-electron chi connectivity index (χ1n) is 12.5. The lowest BCUT2D eigenvalue weighted by Gasteiger charge is -2.31. The quantitative estimate of drug-likeness (QED) is 0.325. The summed E-state index contributed by atoms with van der Waals surface area (Å²) in [5, 5.41) is 13.9. The van der Waals surface area contributed by atoms with E-state index in [9.17, 15) is 19.5 Å². The normalized spacial score (nSPS) is 24.9. The fourth-order valence-electron chi connectivity index (χ4n) is 5.80. The van der Waals surface area contributed by atoms with Crippen LogP contribution in [0.1, 0.15) is 23.6 Å². The molecule has 4 unspecified atom stereocenters. The second kappa shape index (κ2) is 10.5. The monoisotopic (exact) mass is 514 g/mol. The lowest BCUT2D eigenvalue weighted by atomic mass is 9.76.